The van der Waals surface area contributed by atoms with Crippen LogP contribution in [0.25, 0.3) is 0 Å². The van der Waals surface area contributed by atoms with E-state index in [-0.39, 0.29) is 19.0 Å². The van der Waals surface area contributed by atoms with Gasteiger partial charge in [-0.2, -0.15) is 13.2 Å². The molecule has 0 saturated carbocycles. The van der Waals surface area contributed by atoms with E-state index < -0.39 is 30.5 Å². The Morgan fingerprint density at radius 1 is 1.24 bits per heavy atom. The molecule has 0 radical (unpaired) electrons. The van der Waals surface area contributed by atoms with Gasteiger partial charge < -0.3 is 10.0 Å². The Labute approximate surface area is 146 Å². The molecule has 1 aromatic rings. The lowest BCUT2D eigenvalue weighted by Gasteiger charge is -2.30. The molecule has 9 heteroatoms. The lowest BCUT2D eigenvalue weighted by atomic mass is 9.96. The molecule has 136 valence electrons. The molecule has 1 amide bonds. The number of carboxylic acids is 1. The number of benzene rings is 1. The fourth-order valence-electron chi connectivity index (χ4n) is 3.30. The van der Waals surface area contributed by atoms with Gasteiger partial charge in [-0.3, -0.25) is 14.5 Å². The van der Waals surface area contributed by atoms with Crippen LogP contribution in [-0.2, 0) is 9.59 Å². The molecule has 1 fully saturated rings. The van der Waals surface area contributed by atoms with Gasteiger partial charge in [0.15, 0.2) is 0 Å². The van der Waals surface area contributed by atoms with Gasteiger partial charge in [0, 0.05) is 30.3 Å². The van der Waals surface area contributed by atoms with E-state index in [0.29, 0.717) is 12.3 Å². The fourth-order valence-corrected chi connectivity index (χ4v) is 4.30. The second-order valence-corrected chi connectivity index (χ2v) is 7.29. The minimum absolute atomic E-state index is 0.213. The number of carbonyl (C=O) groups excluding carboxylic acids is 1. The van der Waals surface area contributed by atoms with Crippen LogP contribution in [-0.4, -0.2) is 60.0 Å². The minimum Gasteiger partial charge on any atom is -0.481 e. The number of nitrogens with zero attached hydrogens (tertiary/aromatic N) is 2. The summed E-state index contributed by atoms with van der Waals surface area (Å²) in [6, 6.07) is 7.38. The lowest BCUT2D eigenvalue weighted by molar-refractivity contribution is -0.188. The highest BCUT2D eigenvalue weighted by molar-refractivity contribution is 7.99. The minimum atomic E-state index is -4.59. The highest BCUT2D eigenvalue weighted by atomic mass is 32.2. The van der Waals surface area contributed by atoms with Crippen LogP contribution >= 0.6 is 11.8 Å². The van der Waals surface area contributed by atoms with Gasteiger partial charge in [-0.1, -0.05) is 12.1 Å². The van der Waals surface area contributed by atoms with Crippen molar-refractivity contribution < 1.29 is 27.9 Å². The number of para-hydroxylation sites is 1. The van der Waals surface area contributed by atoms with Crippen LogP contribution in [0.2, 0.25) is 0 Å². The van der Waals surface area contributed by atoms with Crippen LogP contribution in [0.5, 0.6) is 0 Å². The fraction of sp³-hybridized carbons (Fsp3) is 0.500. The van der Waals surface area contributed by atoms with Crippen LogP contribution in [0.1, 0.15) is 0 Å². The third-order valence-electron chi connectivity index (χ3n) is 4.52. The van der Waals surface area contributed by atoms with Gasteiger partial charge >= 0.3 is 12.1 Å². The largest absolute Gasteiger partial charge is 0.481 e. The van der Waals surface area contributed by atoms with Crippen LogP contribution in [0.4, 0.5) is 18.9 Å². The summed E-state index contributed by atoms with van der Waals surface area (Å²) in [5, 5.41) is 9.05. The van der Waals surface area contributed by atoms with E-state index in [1.807, 2.05) is 18.2 Å². The van der Waals surface area contributed by atoms with Crippen LogP contribution in [0.3, 0.4) is 0 Å². The molecule has 1 saturated heterocycles. The third kappa shape index (κ3) is 3.77. The Kier molecular flexibility index (Phi) is 4.97. The molecule has 0 spiro atoms. The quantitative estimate of drug-likeness (QED) is 0.880. The standard InChI is InChI=1S/C16H17F3N2O3S/c17-16(18,19)11-8-20(7-10(11)15(23)24)9-14(22)21-5-6-25-13-4-2-1-3-12(13)21/h1-4,10-11H,5-9H2,(H,23,24)/t10-,11-/m1/s1. The second-order valence-electron chi connectivity index (χ2n) is 6.15. The lowest BCUT2D eigenvalue weighted by Crippen LogP contribution is -2.42. The first-order valence-electron chi connectivity index (χ1n) is 7.81. The average Bonchev–Trinajstić information content (AvgIpc) is 2.98. The van der Waals surface area contributed by atoms with E-state index >= 15 is 0 Å². The Hall–Kier alpha value is -1.74. The summed E-state index contributed by atoms with van der Waals surface area (Å²) in [4.78, 5) is 27.6. The summed E-state index contributed by atoms with van der Waals surface area (Å²) in [5.74, 6) is -4.54. The summed E-state index contributed by atoms with van der Waals surface area (Å²) in [5.41, 5.74) is 0.755. The molecule has 0 bridgehead atoms. The maximum atomic E-state index is 13.0. The van der Waals surface area contributed by atoms with Gasteiger partial charge in [0.2, 0.25) is 5.91 Å². The van der Waals surface area contributed by atoms with Gasteiger partial charge in [-0.25, -0.2) is 0 Å². The van der Waals surface area contributed by atoms with Gasteiger partial charge in [0.05, 0.1) is 24.1 Å². The number of alkyl halides is 3. The number of amides is 1. The van der Waals surface area contributed by atoms with Crippen molar-refractivity contribution in [3.63, 3.8) is 0 Å². The molecule has 25 heavy (non-hydrogen) atoms. The number of thioether (sulfide) groups is 1. The molecule has 5 nitrogen and oxygen atoms in total. The summed E-state index contributed by atoms with van der Waals surface area (Å²) in [6.07, 6.45) is -4.59. The van der Waals surface area contributed by atoms with Crippen molar-refractivity contribution in [1.29, 1.82) is 0 Å². The molecule has 0 aliphatic carbocycles. The van der Waals surface area contributed by atoms with E-state index in [9.17, 15) is 22.8 Å². The molecular weight excluding hydrogens is 357 g/mol. The molecule has 3 rings (SSSR count). The molecule has 0 aromatic heterocycles. The molecular formula is C16H17F3N2O3S. The SMILES string of the molecule is O=C(O)[C@@H]1CN(CC(=O)N2CCSc3ccccc32)C[C@H]1C(F)(F)F. The number of fused-ring (bicyclic) bond motifs is 1. The maximum Gasteiger partial charge on any atom is 0.393 e. The normalized spacial score (nSPS) is 24.2. The van der Waals surface area contributed by atoms with Crippen molar-refractivity contribution in [1.82, 2.24) is 4.90 Å². The summed E-state index contributed by atoms with van der Waals surface area (Å²) in [7, 11) is 0. The summed E-state index contributed by atoms with van der Waals surface area (Å²) in [6.45, 7) is -0.458. The van der Waals surface area contributed by atoms with Crippen molar-refractivity contribution in [3.8, 4) is 0 Å². The van der Waals surface area contributed by atoms with Gasteiger partial charge in [0.1, 0.15) is 0 Å². The summed E-state index contributed by atoms with van der Waals surface area (Å²) >= 11 is 1.63. The van der Waals surface area contributed by atoms with E-state index in [1.54, 1.807) is 22.7 Å². The third-order valence-corrected chi connectivity index (χ3v) is 5.56. The molecule has 0 unspecified atom stereocenters. The van der Waals surface area contributed by atoms with E-state index in [4.69, 9.17) is 5.11 Å². The van der Waals surface area contributed by atoms with E-state index in [0.717, 1.165) is 10.6 Å². The average molecular weight is 374 g/mol. The van der Waals surface area contributed by atoms with Crippen LogP contribution < -0.4 is 4.90 Å². The molecule has 2 aliphatic heterocycles. The number of hydrogen-bond acceptors (Lipinski definition) is 4. The Bertz CT molecular complexity index is 683. The highest BCUT2D eigenvalue weighted by Crippen LogP contribution is 2.38. The van der Waals surface area contributed by atoms with Gasteiger partial charge in [-0.15, -0.1) is 11.8 Å². The molecule has 1 N–H and O–H groups in total. The number of likely N-dealkylation sites (tertiary alicyclic amines) is 1. The van der Waals surface area contributed by atoms with Gasteiger partial charge in [0.25, 0.3) is 0 Å². The van der Waals surface area contributed by atoms with Crippen molar-refractivity contribution in [2.75, 3.05) is 36.8 Å². The first-order chi connectivity index (χ1) is 11.8. The van der Waals surface area contributed by atoms with Crippen molar-refractivity contribution in [3.05, 3.63) is 24.3 Å². The predicted octanol–water partition coefficient (Wildman–Crippen LogP) is 2.32. The number of halogens is 3. The highest BCUT2D eigenvalue weighted by Gasteiger charge is 2.52. The number of aliphatic carboxylic acids is 1. The Balaban J connectivity index is 1.71. The van der Waals surface area contributed by atoms with Crippen molar-refractivity contribution in [2.24, 2.45) is 11.8 Å². The summed E-state index contributed by atoms with van der Waals surface area (Å²) < 4.78 is 39.1. The van der Waals surface area contributed by atoms with Crippen molar-refractivity contribution >= 4 is 29.3 Å². The molecule has 1 aromatic carbocycles. The van der Waals surface area contributed by atoms with Crippen LogP contribution in [0, 0.1) is 11.8 Å². The predicted molar refractivity (Wildman–Crippen MR) is 86.6 cm³/mol. The number of hydrogen-bond donors (Lipinski definition) is 1. The molecule has 2 atom stereocenters. The Morgan fingerprint density at radius 2 is 1.96 bits per heavy atom. The zero-order valence-corrected chi connectivity index (χ0v) is 14.0. The smallest absolute Gasteiger partial charge is 0.393 e. The zero-order valence-electron chi connectivity index (χ0n) is 13.2. The monoisotopic (exact) mass is 374 g/mol. The number of rotatable bonds is 3. The first kappa shape index (κ1) is 18.1. The Morgan fingerprint density at radius 3 is 2.60 bits per heavy atom. The topological polar surface area (TPSA) is 60.9 Å². The number of anilines is 1. The molecule has 2 heterocycles. The van der Waals surface area contributed by atoms with Crippen molar-refractivity contribution in [2.45, 2.75) is 11.1 Å². The zero-order chi connectivity index (χ0) is 18.2. The number of carbonyl (C=O) groups is 2. The number of carboxylic acid groups (broad SMARTS) is 1. The van der Waals surface area contributed by atoms with Crippen LogP contribution in [0.15, 0.2) is 29.2 Å². The molecule has 2 aliphatic rings. The maximum absolute atomic E-state index is 13.0. The van der Waals surface area contributed by atoms with E-state index in [2.05, 4.69) is 0 Å². The first-order valence-corrected chi connectivity index (χ1v) is 8.80. The van der Waals surface area contributed by atoms with Gasteiger partial charge in [-0.05, 0) is 12.1 Å². The van der Waals surface area contributed by atoms with E-state index in [1.165, 1.54) is 4.90 Å². The second kappa shape index (κ2) is 6.87.